The van der Waals surface area contributed by atoms with Gasteiger partial charge in [0.05, 0.1) is 5.52 Å². The van der Waals surface area contributed by atoms with E-state index in [1.54, 1.807) is 48.7 Å². The maximum Gasteiger partial charge on any atom is 0.264 e. The summed E-state index contributed by atoms with van der Waals surface area (Å²) in [5.41, 5.74) is 1.68. The molecule has 126 valence electrons. The number of aromatic nitrogens is 1. The average molecular weight is 352 g/mol. The van der Waals surface area contributed by atoms with E-state index in [0.717, 1.165) is 10.9 Å². The zero-order valence-corrected chi connectivity index (χ0v) is 14.3. The van der Waals surface area contributed by atoms with E-state index in [1.165, 1.54) is 19.1 Å². The quantitative estimate of drug-likeness (QED) is 0.711. The normalized spacial score (nSPS) is 11.7. The van der Waals surface area contributed by atoms with Crippen LogP contribution in [0, 0.1) is 0 Å². The van der Waals surface area contributed by atoms with Crippen molar-refractivity contribution in [2.45, 2.75) is 11.8 Å². The smallest absolute Gasteiger partial charge is 0.264 e. The van der Waals surface area contributed by atoms with Crippen molar-refractivity contribution in [3.63, 3.8) is 0 Å². The molecular weight excluding hydrogens is 336 g/mol. The fraction of sp³-hybridized carbons (Fsp3) is 0.0526. The van der Waals surface area contributed by atoms with Crippen LogP contribution in [0.2, 0.25) is 0 Å². The van der Waals surface area contributed by atoms with Crippen molar-refractivity contribution in [3.05, 3.63) is 72.4 Å². The zero-order chi connectivity index (χ0) is 17.9. The van der Waals surface area contributed by atoms with E-state index in [-0.39, 0.29) is 10.7 Å². The molecule has 0 fully saturated rings. The maximum absolute atomic E-state index is 12.7. The van der Waals surface area contributed by atoms with Gasteiger partial charge in [-0.25, -0.2) is 8.42 Å². The van der Waals surface area contributed by atoms with E-state index in [0.29, 0.717) is 11.2 Å². The zero-order valence-electron chi connectivity index (χ0n) is 13.5. The number of ketones is 1. The second-order valence-electron chi connectivity index (χ2n) is 5.50. The molecule has 1 heterocycles. The van der Waals surface area contributed by atoms with Gasteiger partial charge in [-0.1, -0.05) is 36.4 Å². The topological polar surface area (TPSA) is 76.1 Å². The minimum atomic E-state index is -3.76. The lowest BCUT2D eigenvalue weighted by molar-refractivity contribution is -0.112. The fourth-order valence-electron chi connectivity index (χ4n) is 2.38. The minimum absolute atomic E-state index is 0.0479. The molecule has 25 heavy (non-hydrogen) atoms. The molecule has 0 aliphatic carbocycles. The molecule has 0 aliphatic heterocycles. The van der Waals surface area contributed by atoms with Crippen LogP contribution in [0.3, 0.4) is 0 Å². The van der Waals surface area contributed by atoms with Crippen LogP contribution >= 0.6 is 0 Å². The number of nitrogens with one attached hydrogen (secondary N) is 1. The molecule has 2 aromatic carbocycles. The number of carbonyl (C=O) groups excluding carboxylic acids is 1. The van der Waals surface area contributed by atoms with E-state index in [1.807, 2.05) is 12.1 Å². The lowest BCUT2D eigenvalue weighted by Crippen LogP contribution is -2.13. The molecule has 0 saturated carbocycles. The third kappa shape index (κ3) is 3.92. The number of hydrogen-bond donors (Lipinski definition) is 1. The number of sulfonamides is 1. The van der Waals surface area contributed by atoms with Gasteiger partial charge >= 0.3 is 0 Å². The molecule has 0 amide bonds. The van der Waals surface area contributed by atoms with E-state index < -0.39 is 10.0 Å². The highest BCUT2D eigenvalue weighted by molar-refractivity contribution is 7.93. The predicted octanol–water partition coefficient (Wildman–Crippen LogP) is 3.64. The van der Waals surface area contributed by atoms with Crippen molar-refractivity contribution < 1.29 is 13.2 Å². The molecule has 1 aromatic heterocycles. The Bertz CT molecular complexity index is 1050. The summed E-state index contributed by atoms with van der Waals surface area (Å²) in [5.74, 6) is -0.0479. The first-order valence-corrected chi connectivity index (χ1v) is 9.09. The minimum Gasteiger partial charge on any atom is -0.295 e. The third-order valence-corrected chi connectivity index (χ3v) is 4.97. The van der Waals surface area contributed by atoms with Gasteiger partial charge in [0.1, 0.15) is 4.90 Å². The van der Waals surface area contributed by atoms with Crippen LogP contribution in [-0.2, 0) is 14.8 Å². The molecule has 0 saturated heterocycles. The molecule has 0 atom stereocenters. The Balaban J connectivity index is 1.90. The second-order valence-corrected chi connectivity index (χ2v) is 7.15. The fourth-order valence-corrected chi connectivity index (χ4v) is 3.62. The SMILES string of the molecule is CC(=O)/C=C/c1ccc(NS(=O)(=O)c2cccc3cccnc23)cc1. The van der Waals surface area contributed by atoms with Gasteiger partial charge in [0.15, 0.2) is 5.78 Å². The summed E-state index contributed by atoms with van der Waals surface area (Å²) >= 11 is 0. The van der Waals surface area contributed by atoms with Crippen molar-refractivity contribution in [2.75, 3.05) is 4.72 Å². The van der Waals surface area contributed by atoms with Crippen molar-refractivity contribution in [3.8, 4) is 0 Å². The van der Waals surface area contributed by atoms with Gasteiger partial charge in [0, 0.05) is 17.3 Å². The van der Waals surface area contributed by atoms with Crippen molar-refractivity contribution in [1.82, 2.24) is 4.98 Å². The number of hydrogen-bond acceptors (Lipinski definition) is 4. The van der Waals surface area contributed by atoms with Crippen LogP contribution in [-0.4, -0.2) is 19.2 Å². The Labute approximate surface area is 146 Å². The summed E-state index contributed by atoms with van der Waals surface area (Å²) in [7, 11) is -3.76. The van der Waals surface area contributed by atoms with Crippen LogP contribution < -0.4 is 4.72 Å². The molecular formula is C19H16N2O3S. The van der Waals surface area contributed by atoms with Crippen molar-refractivity contribution in [1.29, 1.82) is 0 Å². The van der Waals surface area contributed by atoms with Crippen molar-refractivity contribution >= 4 is 38.5 Å². The summed E-state index contributed by atoms with van der Waals surface area (Å²) in [6.07, 6.45) is 4.70. The largest absolute Gasteiger partial charge is 0.295 e. The van der Waals surface area contributed by atoms with E-state index in [2.05, 4.69) is 9.71 Å². The second kappa shape index (κ2) is 6.86. The van der Waals surface area contributed by atoms with Crippen molar-refractivity contribution in [2.24, 2.45) is 0 Å². The first kappa shape index (κ1) is 16.9. The maximum atomic E-state index is 12.7. The molecule has 5 nitrogen and oxygen atoms in total. The molecule has 0 spiro atoms. The van der Waals surface area contributed by atoms with Crippen LogP contribution in [0.4, 0.5) is 5.69 Å². The third-order valence-electron chi connectivity index (χ3n) is 3.56. The molecule has 0 unspecified atom stereocenters. The number of anilines is 1. The molecule has 1 N–H and O–H groups in total. The number of benzene rings is 2. The molecule has 3 rings (SSSR count). The van der Waals surface area contributed by atoms with Crippen LogP contribution in [0.25, 0.3) is 17.0 Å². The van der Waals surface area contributed by atoms with Gasteiger partial charge in [-0.2, -0.15) is 0 Å². The summed E-state index contributed by atoms with van der Waals surface area (Å²) in [5, 5.41) is 0.759. The molecule has 3 aromatic rings. The summed E-state index contributed by atoms with van der Waals surface area (Å²) in [4.78, 5) is 15.3. The molecule has 0 bridgehead atoms. The van der Waals surface area contributed by atoms with Gasteiger partial charge in [0.25, 0.3) is 10.0 Å². The van der Waals surface area contributed by atoms with Gasteiger partial charge < -0.3 is 0 Å². The number of carbonyl (C=O) groups is 1. The average Bonchev–Trinajstić information content (AvgIpc) is 2.60. The predicted molar refractivity (Wildman–Crippen MR) is 98.7 cm³/mol. The van der Waals surface area contributed by atoms with E-state index >= 15 is 0 Å². The lowest BCUT2D eigenvalue weighted by atomic mass is 10.2. The first-order chi connectivity index (χ1) is 12.0. The molecule has 0 radical (unpaired) electrons. The highest BCUT2D eigenvalue weighted by atomic mass is 32.2. The summed E-state index contributed by atoms with van der Waals surface area (Å²) in [6, 6.07) is 15.4. The van der Waals surface area contributed by atoms with Crippen LogP contribution in [0.5, 0.6) is 0 Å². The summed E-state index contributed by atoms with van der Waals surface area (Å²) in [6.45, 7) is 1.47. The standard InChI is InChI=1S/C19H16N2O3S/c1-14(22)7-8-15-9-11-17(12-10-15)21-25(23,24)18-6-2-4-16-5-3-13-20-19(16)18/h2-13,21H,1H3/b8-7+. The van der Waals surface area contributed by atoms with Gasteiger partial charge in [0.2, 0.25) is 0 Å². The number of para-hydroxylation sites is 1. The monoisotopic (exact) mass is 352 g/mol. The van der Waals surface area contributed by atoms with E-state index in [9.17, 15) is 13.2 Å². The number of rotatable bonds is 5. The highest BCUT2D eigenvalue weighted by Crippen LogP contribution is 2.23. The summed E-state index contributed by atoms with van der Waals surface area (Å²) < 4.78 is 28.0. The molecule has 0 aliphatic rings. The Morgan fingerprint density at radius 3 is 2.48 bits per heavy atom. The van der Waals surface area contributed by atoms with E-state index in [4.69, 9.17) is 0 Å². The van der Waals surface area contributed by atoms with Gasteiger partial charge in [-0.3, -0.25) is 14.5 Å². The first-order valence-electron chi connectivity index (χ1n) is 7.61. The number of pyridine rings is 1. The van der Waals surface area contributed by atoms with Crippen LogP contribution in [0.1, 0.15) is 12.5 Å². The Hall–Kier alpha value is -2.99. The number of nitrogens with zero attached hydrogens (tertiary/aromatic N) is 1. The highest BCUT2D eigenvalue weighted by Gasteiger charge is 2.18. The van der Waals surface area contributed by atoms with Gasteiger partial charge in [-0.15, -0.1) is 0 Å². The Morgan fingerprint density at radius 2 is 1.76 bits per heavy atom. The Morgan fingerprint density at radius 1 is 1.04 bits per heavy atom. The Kier molecular flexibility index (Phi) is 4.63. The lowest BCUT2D eigenvalue weighted by Gasteiger charge is -2.10. The van der Waals surface area contributed by atoms with Gasteiger partial charge in [-0.05, 0) is 42.8 Å². The molecule has 6 heteroatoms. The van der Waals surface area contributed by atoms with Crippen LogP contribution in [0.15, 0.2) is 71.8 Å². The number of allylic oxidation sites excluding steroid dienone is 1. The number of fused-ring (bicyclic) bond motifs is 1.